The van der Waals surface area contributed by atoms with Gasteiger partial charge in [-0.15, -0.1) is 0 Å². The summed E-state index contributed by atoms with van der Waals surface area (Å²) < 4.78 is 3.32. The van der Waals surface area contributed by atoms with E-state index in [0.29, 0.717) is 25.4 Å². The number of aromatic nitrogens is 2. The smallest absolute Gasteiger partial charge is 0.328 e. The Balaban J connectivity index is 1.75. The van der Waals surface area contributed by atoms with Crippen molar-refractivity contribution in [2.45, 2.75) is 32.4 Å². The van der Waals surface area contributed by atoms with Crippen molar-refractivity contribution in [1.82, 2.24) is 14.0 Å². The van der Waals surface area contributed by atoms with E-state index < -0.39 is 0 Å². The third kappa shape index (κ3) is 2.79. The minimum Gasteiger partial charge on any atom is -0.340 e. The SMILES string of the molecule is CC1CC(CN)CN1C(=O)CCn1c(=O)n(C)c2ccccc21. The van der Waals surface area contributed by atoms with E-state index >= 15 is 0 Å². The van der Waals surface area contributed by atoms with Crippen LogP contribution >= 0.6 is 0 Å². The monoisotopic (exact) mass is 316 g/mol. The maximum absolute atomic E-state index is 12.5. The molecule has 2 heterocycles. The number of benzene rings is 1. The first-order chi connectivity index (χ1) is 11.0. The molecule has 1 saturated heterocycles. The Morgan fingerprint density at radius 1 is 1.30 bits per heavy atom. The summed E-state index contributed by atoms with van der Waals surface area (Å²) in [6.45, 7) is 3.84. The molecule has 0 bridgehead atoms. The first-order valence-electron chi connectivity index (χ1n) is 8.16. The molecule has 0 saturated carbocycles. The van der Waals surface area contributed by atoms with Crippen LogP contribution in [-0.4, -0.2) is 39.1 Å². The molecule has 2 unspecified atom stereocenters. The average molecular weight is 316 g/mol. The van der Waals surface area contributed by atoms with Crippen LogP contribution in [0.4, 0.5) is 0 Å². The summed E-state index contributed by atoms with van der Waals surface area (Å²) in [5.41, 5.74) is 7.41. The molecule has 1 fully saturated rings. The lowest BCUT2D eigenvalue weighted by atomic mass is 10.1. The van der Waals surface area contributed by atoms with Crippen molar-refractivity contribution in [2.24, 2.45) is 18.7 Å². The highest BCUT2D eigenvalue weighted by molar-refractivity contribution is 5.78. The Morgan fingerprint density at radius 2 is 2.00 bits per heavy atom. The van der Waals surface area contributed by atoms with E-state index in [0.717, 1.165) is 24.0 Å². The number of hydrogen-bond donors (Lipinski definition) is 1. The number of fused-ring (bicyclic) bond motifs is 1. The predicted molar refractivity (Wildman–Crippen MR) is 90.1 cm³/mol. The molecule has 0 spiro atoms. The topological polar surface area (TPSA) is 73.3 Å². The van der Waals surface area contributed by atoms with Crippen LogP contribution in [0.3, 0.4) is 0 Å². The van der Waals surface area contributed by atoms with Crippen molar-refractivity contribution < 1.29 is 4.79 Å². The summed E-state index contributed by atoms with van der Waals surface area (Å²) in [6, 6.07) is 7.90. The second-order valence-corrected chi connectivity index (χ2v) is 6.46. The first-order valence-corrected chi connectivity index (χ1v) is 8.16. The second kappa shape index (κ2) is 6.20. The average Bonchev–Trinajstić information content (AvgIpc) is 3.05. The van der Waals surface area contributed by atoms with Crippen LogP contribution in [-0.2, 0) is 18.4 Å². The summed E-state index contributed by atoms with van der Waals surface area (Å²) in [6.07, 6.45) is 1.31. The lowest BCUT2D eigenvalue weighted by Crippen LogP contribution is -2.35. The van der Waals surface area contributed by atoms with Crippen LogP contribution in [0.5, 0.6) is 0 Å². The predicted octanol–water partition coefficient (Wildman–Crippen LogP) is 0.926. The number of imidazole rings is 1. The van der Waals surface area contributed by atoms with Crippen LogP contribution in [0.1, 0.15) is 19.8 Å². The molecule has 1 aliphatic heterocycles. The fourth-order valence-corrected chi connectivity index (χ4v) is 3.59. The zero-order valence-electron chi connectivity index (χ0n) is 13.7. The summed E-state index contributed by atoms with van der Waals surface area (Å²) in [4.78, 5) is 26.8. The van der Waals surface area contributed by atoms with Gasteiger partial charge in [-0.3, -0.25) is 13.9 Å². The normalized spacial score (nSPS) is 21.3. The maximum atomic E-state index is 12.5. The zero-order valence-corrected chi connectivity index (χ0v) is 13.7. The van der Waals surface area contributed by atoms with Gasteiger partial charge < -0.3 is 10.6 Å². The molecule has 6 nitrogen and oxygen atoms in total. The lowest BCUT2D eigenvalue weighted by Gasteiger charge is -2.21. The molecule has 2 atom stereocenters. The quantitative estimate of drug-likeness (QED) is 0.912. The van der Waals surface area contributed by atoms with Gasteiger partial charge in [-0.1, -0.05) is 12.1 Å². The van der Waals surface area contributed by atoms with Crippen molar-refractivity contribution in [3.05, 3.63) is 34.7 Å². The molecular weight excluding hydrogens is 292 g/mol. The standard InChI is InChI=1S/C17H24N4O2/c1-12-9-13(10-18)11-21(12)16(22)7-8-20-15-6-4-3-5-14(15)19(2)17(20)23/h3-6,12-13H,7-11,18H2,1-2H3. The third-order valence-corrected chi connectivity index (χ3v) is 4.92. The van der Waals surface area contributed by atoms with E-state index in [4.69, 9.17) is 5.73 Å². The first kappa shape index (κ1) is 15.8. The van der Waals surface area contributed by atoms with Crippen LogP contribution in [0, 0.1) is 5.92 Å². The molecule has 2 N–H and O–H groups in total. The van der Waals surface area contributed by atoms with Gasteiger partial charge in [0.1, 0.15) is 0 Å². The summed E-state index contributed by atoms with van der Waals surface area (Å²) in [7, 11) is 1.76. The van der Waals surface area contributed by atoms with Gasteiger partial charge in [-0.2, -0.15) is 0 Å². The Morgan fingerprint density at radius 3 is 2.65 bits per heavy atom. The van der Waals surface area contributed by atoms with E-state index in [2.05, 4.69) is 6.92 Å². The minimum atomic E-state index is -0.0756. The van der Waals surface area contributed by atoms with Gasteiger partial charge in [0, 0.05) is 32.6 Å². The zero-order chi connectivity index (χ0) is 16.6. The van der Waals surface area contributed by atoms with Gasteiger partial charge in [0.15, 0.2) is 0 Å². The molecule has 0 aliphatic carbocycles. The van der Waals surface area contributed by atoms with Crippen molar-refractivity contribution in [3.8, 4) is 0 Å². The summed E-state index contributed by atoms with van der Waals surface area (Å²) in [5, 5.41) is 0. The molecule has 124 valence electrons. The number of amides is 1. The molecule has 6 heteroatoms. The number of hydrogen-bond acceptors (Lipinski definition) is 3. The number of aryl methyl sites for hydroxylation is 2. The summed E-state index contributed by atoms with van der Waals surface area (Å²) >= 11 is 0. The fraction of sp³-hybridized carbons (Fsp3) is 0.529. The number of rotatable bonds is 4. The van der Waals surface area contributed by atoms with Gasteiger partial charge in [0.25, 0.3) is 0 Å². The Hall–Kier alpha value is -2.08. The number of likely N-dealkylation sites (tertiary alicyclic amines) is 1. The van der Waals surface area contributed by atoms with Crippen molar-refractivity contribution >= 4 is 16.9 Å². The van der Waals surface area contributed by atoms with Crippen LogP contribution in [0.25, 0.3) is 11.0 Å². The van der Waals surface area contributed by atoms with Crippen molar-refractivity contribution in [2.75, 3.05) is 13.1 Å². The Labute approximate surface area is 135 Å². The molecular formula is C17H24N4O2. The summed E-state index contributed by atoms with van der Waals surface area (Å²) in [5.74, 6) is 0.502. The van der Waals surface area contributed by atoms with Gasteiger partial charge in [-0.05, 0) is 37.9 Å². The van der Waals surface area contributed by atoms with Gasteiger partial charge in [0.05, 0.1) is 11.0 Å². The lowest BCUT2D eigenvalue weighted by molar-refractivity contribution is -0.132. The molecule has 3 rings (SSSR count). The van der Waals surface area contributed by atoms with Crippen molar-refractivity contribution in [1.29, 1.82) is 0 Å². The van der Waals surface area contributed by atoms with Crippen molar-refractivity contribution in [3.63, 3.8) is 0 Å². The third-order valence-electron chi connectivity index (χ3n) is 4.92. The van der Waals surface area contributed by atoms with Gasteiger partial charge >= 0.3 is 5.69 Å². The largest absolute Gasteiger partial charge is 0.340 e. The molecule has 1 aliphatic rings. The maximum Gasteiger partial charge on any atom is 0.328 e. The van der Waals surface area contributed by atoms with Crippen LogP contribution < -0.4 is 11.4 Å². The second-order valence-electron chi connectivity index (χ2n) is 6.46. The number of nitrogens with zero attached hydrogens (tertiary/aromatic N) is 3. The van der Waals surface area contributed by atoms with Crippen LogP contribution in [0.2, 0.25) is 0 Å². The van der Waals surface area contributed by atoms with E-state index in [9.17, 15) is 9.59 Å². The highest BCUT2D eigenvalue weighted by Gasteiger charge is 2.31. The van der Waals surface area contributed by atoms with E-state index in [1.54, 1.807) is 16.2 Å². The molecule has 2 aromatic rings. The fourth-order valence-electron chi connectivity index (χ4n) is 3.59. The molecule has 1 amide bonds. The Kier molecular flexibility index (Phi) is 4.26. The number of nitrogens with two attached hydrogens (primary N) is 1. The molecule has 0 radical (unpaired) electrons. The molecule has 1 aromatic heterocycles. The highest BCUT2D eigenvalue weighted by atomic mass is 16.2. The van der Waals surface area contributed by atoms with Crippen LogP contribution in [0.15, 0.2) is 29.1 Å². The highest BCUT2D eigenvalue weighted by Crippen LogP contribution is 2.23. The van der Waals surface area contributed by atoms with Gasteiger partial charge in [0.2, 0.25) is 5.91 Å². The Bertz CT molecular complexity index is 776. The van der Waals surface area contributed by atoms with Gasteiger partial charge in [-0.25, -0.2) is 4.79 Å². The van der Waals surface area contributed by atoms with E-state index in [-0.39, 0.29) is 17.6 Å². The molecule has 23 heavy (non-hydrogen) atoms. The number of para-hydroxylation sites is 2. The van der Waals surface area contributed by atoms with E-state index in [1.807, 2.05) is 29.2 Å². The number of carbonyl (C=O) groups is 1. The number of carbonyl (C=O) groups excluding carboxylic acids is 1. The minimum absolute atomic E-state index is 0.0756. The van der Waals surface area contributed by atoms with E-state index in [1.165, 1.54) is 0 Å². The molecule has 1 aromatic carbocycles.